The van der Waals surface area contributed by atoms with Crippen LogP contribution in [0.3, 0.4) is 0 Å². The molecular weight excluding hydrogens is 402 g/mol. The first-order chi connectivity index (χ1) is 15.5. The van der Waals surface area contributed by atoms with E-state index in [1.54, 1.807) is 11.7 Å². The Morgan fingerprint density at radius 1 is 0.875 bits per heavy atom. The Morgan fingerprint density at radius 3 is 2.31 bits per heavy atom. The van der Waals surface area contributed by atoms with E-state index in [-0.39, 0.29) is 11.2 Å². The van der Waals surface area contributed by atoms with Crippen molar-refractivity contribution in [3.05, 3.63) is 105 Å². The minimum atomic E-state index is -0.365. The zero-order chi connectivity index (χ0) is 22.4. The van der Waals surface area contributed by atoms with Crippen LogP contribution in [-0.4, -0.2) is 20.8 Å². The summed E-state index contributed by atoms with van der Waals surface area (Å²) in [5, 5.41) is 0.809. The minimum Gasteiger partial charge on any atom is -0.497 e. The first kappa shape index (κ1) is 19.9. The fourth-order valence-corrected chi connectivity index (χ4v) is 4.40. The van der Waals surface area contributed by atoms with E-state index in [9.17, 15) is 9.59 Å². The molecule has 6 heteroatoms. The monoisotopic (exact) mass is 425 g/mol. The third-order valence-corrected chi connectivity index (χ3v) is 6.02. The Hall–Kier alpha value is -4.06. The summed E-state index contributed by atoms with van der Waals surface area (Å²) in [6.45, 7) is 2.25. The molecule has 0 aliphatic heterocycles. The first-order valence-corrected chi connectivity index (χ1v) is 10.4. The van der Waals surface area contributed by atoms with Crippen LogP contribution < -0.4 is 16.0 Å². The molecular formula is C26H23N3O3. The van der Waals surface area contributed by atoms with E-state index >= 15 is 0 Å². The van der Waals surface area contributed by atoms with E-state index in [2.05, 4.69) is 0 Å². The first-order valence-electron chi connectivity index (χ1n) is 10.4. The molecule has 0 radical (unpaired) electrons. The van der Waals surface area contributed by atoms with Gasteiger partial charge in [-0.3, -0.25) is 9.36 Å². The van der Waals surface area contributed by atoms with Gasteiger partial charge in [-0.1, -0.05) is 48.5 Å². The van der Waals surface area contributed by atoms with Crippen molar-refractivity contribution in [2.75, 3.05) is 7.11 Å². The molecule has 0 N–H and O–H groups in total. The maximum absolute atomic E-state index is 13.9. The van der Waals surface area contributed by atoms with Crippen LogP contribution >= 0.6 is 0 Å². The fraction of sp³-hybridized carbons (Fsp3) is 0.154. The van der Waals surface area contributed by atoms with Crippen LogP contribution in [0.1, 0.15) is 11.1 Å². The van der Waals surface area contributed by atoms with Gasteiger partial charge in [0.05, 0.1) is 30.4 Å². The number of methoxy groups -OCH3 is 1. The second-order valence-electron chi connectivity index (χ2n) is 7.92. The Bertz CT molecular complexity index is 1590. The van der Waals surface area contributed by atoms with E-state index in [1.165, 1.54) is 4.57 Å². The molecule has 0 spiro atoms. The van der Waals surface area contributed by atoms with Gasteiger partial charge in [0.1, 0.15) is 11.3 Å². The van der Waals surface area contributed by atoms with Gasteiger partial charge in [0.2, 0.25) is 0 Å². The summed E-state index contributed by atoms with van der Waals surface area (Å²) in [6.07, 6.45) is 0. The highest BCUT2D eigenvalue weighted by atomic mass is 16.5. The van der Waals surface area contributed by atoms with Gasteiger partial charge in [-0.05, 0) is 42.3 Å². The molecule has 0 bridgehead atoms. The maximum atomic E-state index is 13.9. The molecule has 2 heterocycles. The SMILES string of the molecule is COc1ccc2c(c1)c1c(c(=O)n(-c3ccccc3C)c(=O)n1Cc1ccccc1)n2C. The van der Waals surface area contributed by atoms with Crippen molar-refractivity contribution in [3.8, 4) is 11.4 Å². The molecule has 0 saturated carbocycles. The average Bonchev–Trinajstić information content (AvgIpc) is 3.10. The summed E-state index contributed by atoms with van der Waals surface area (Å²) >= 11 is 0. The van der Waals surface area contributed by atoms with Crippen LogP contribution in [0.5, 0.6) is 5.75 Å². The van der Waals surface area contributed by atoms with Gasteiger partial charge in [0.15, 0.2) is 0 Å². The number of ether oxygens (including phenoxy) is 1. The number of rotatable bonds is 4. The van der Waals surface area contributed by atoms with Crippen LogP contribution in [-0.2, 0) is 13.6 Å². The number of aromatic nitrogens is 3. The molecule has 0 fully saturated rings. The van der Waals surface area contributed by atoms with Crippen molar-refractivity contribution in [2.24, 2.45) is 7.05 Å². The largest absolute Gasteiger partial charge is 0.497 e. The number of hydrogen-bond donors (Lipinski definition) is 0. The minimum absolute atomic E-state index is 0.332. The summed E-state index contributed by atoms with van der Waals surface area (Å²) in [5.41, 5.74) is 3.69. The summed E-state index contributed by atoms with van der Waals surface area (Å²) in [6, 6.07) is 22.9. The molecule has 0 aliphatic rings. The van der Waals surface area contributed by atoms with Gasteiger partial charge >= 0.3 is 5.69 Å². The lowest BCUT2D eigenvalue weighted by Crippen LogP contribution is -2.39. The van der Waals surface area contributed by atoms with Crippen LogP contribution in [0.4, 0.5) is 0 Å². The van der Waals surface area contributed by atoms with E-state index in [1.807, 2.05) is 91.3 Å². The molecule has 6 nitrogen and oxygen atoms in total. The van der Waals surface area contributed by atoms with Crippen LogP contribution in [0.25, 0.3) is 27.6 Å². The normalized spacial score (nSPS) is 11.3. The highest BCUT2D eigenvalue weighted by Crippen LogP contribution is 2.29. The molecule has 0 aliphatic carbocycles. The van der Waals surface area contributed by atoms with Crippen LogP contribution in [0.15, 0.2) is 82.4 Å². The molecule has 0 unspecified atom stereocenters. The van der Waals surface area contributed by atoms with Gasteiger partial charge in [-0.15, -0.1) is 0 Å². The van der Waals surface area contributed by atoms with Crippen molar-refractivity contribution in [1.82, 2.24) is 13.7 Å². The number of fused-ring (bicyclic) bond motifs is 3. The van der Waals surface area contributed by atoms with E-state index in [0.29, 0.717) is 29.0 Å². The van der Waals surface area contributed by atoms with Crippen molar-refractivity contribution in [1.29, 1.82) is 0 Å². The third kappa shape index (κ3) is 2.95. The number of nitrogens with zero attached hydrogens (tertiary/aromatic N) is 3. The van der Waals surface area contributed by atoms with Gasteiger partial charge in [-0.25, -0.2) is 9.36 Å². The van der Waals surface area contributed by atoms with E-state index in [4.69, 9.17) is 4.74 Å². The van der Waals surface area contributed by atoms with E-state index < -0.39 is 0 Å². The molecule has 160 valence electrons. The zero-order valence-electron chi connectivity index (χ0n) is 18.2. The quantitative estimate of drug-likeness (QED) is 0.437. The number of hydrogen-bond acceptors (Lipinski definition) is 3. The topological polar surface area (TPSA) is 58.2 Å². The zero-order valence-corrected chi connectivity index (χ0v) is 18.2. The Labute approximate surface area is 184 Å². The maximum Gasteiger partial charge on any atom is 0.336 e. The Kier molecular flexibility index (Phi) is 4.70. The van der Waals surface area contributed by atoms with Crippen LogP contribution in [0.2, 0.25) is 0 Å². The molecule has 32 heavy (non-hydrogen) atoms. The summed E-state index contributed by atoms with van der Waals surface area (Å²) in [7, 11) is 3.46. The number of aryl methyl sites for hydroxylation is 2. The smallest absolute Gasteiger partial charge is 0.336 e. The number of benzene rings is 3. The summed E-state index contributed by atoms with van der Waals surface area (Å²) in [5.74, 6) is 0.673. The molecule has 2 aromatic heterocycles. The molecule has 5 aromatic rings. The highest BCUT2D eigenvalue weighted by molar-refractivity contribution is 6.06. The van der Waals surface area contributed by atoms with Crippen molar-refractivity contribution in [3.63, 3.8) is 0 Å². The Balaban J connectivity index is 1.98. The van der Waals surface area contributed by atoms with Crippen molar-refractivity contribution >= 4 is 21.9 Å². The lowest BCUT2D eigenvalue weighted by Gasteiger charge is -2.14. The van der Waals surface area contributed by atoms with Gasteiger partial charge in [0, 0.05) is 12.4 Å². The standard InChI is InChI=1S/C26H23N3O3/c1-17-9-7-8-12-21(17)29-25(30)24-23(20-15-19(32-3)13-14-22(20)27(24)2)28(26(29)31)16-18-10-5-4-6-11-18/h4-15H,16H2,1-3H3. The fourth-order valence-electron chi connectivity index (χ4n) is 4.40. The van der Waals surface area contributed by atoms with Crippen molar-refractivity contribution < 1.29 is 4.74 Å². The van der Waals surface area contributed by atoms with Gasteiger partial charge < -0.3 is 9.30 Å². The highest BCUT2D eigenvalue weighted by Gasteiger charge is 2.22. The summed E-state index contributed by atoms with van der Waals surface area (Å²) < 4.78 is 10.3. The summed E-state index contributed by atoms with van der Waals surface area (Å²) in [4.78, 5) is 27.6. The Morgan fingerprint density at radius 2 is 1.59 bits per heavy atom. The van der Waals surface area contributed by atoms with Crippen molar-refractivity contribution in [2.45, 2.75) is 13.5 Å². The lowest BCUT2D eigenvalue weighted by molar-refractivity contribution is 0.415. The lowest BCUT2D eigenvalue weighted by atomic mass is 10.2. The third-order valence-electron chi connectivity index (χ3n) is 6.02. The van der Waals surface area contributed by atoms with E-state index in [0.717, 1.165) is 22.0 Å². The second kappa shape index (κ2) is 7.57. The van der Waals surface area contributed by atoms with Gasteiger partial charge in [-0.2, -0.15) is 0 Å². The van der Waals surface area contributed by atoms with Gasteiger partial charge in [0.25, 0.3) is 5.56 Å². The average molecular weight is 425 g/mol. The molecule has 0 amide bonds. The number of para-hydroxylation sites is 1. The molecule has 5 rings (SSSR count). The molecule has 0 atom stereocenters. The predicted octanol–water partition coefficient (Wildman–Crippen LogP) is 4.01. The van der Waals surface area contributed by atoms with Crippen LogP contribution in [0, 0.1) is 6.92 Å². The molecule has 3 aromatic carbocycles. The molecule has 0 saturated heterocycles. The second-order valence-corrected chi connectivity index (χ2v) is 7.92. The predicted molar refractivity (Wildman–Crippen MR) is 127 cm³/mol.